The molecule has 1 aromatic rings. The van der Waals surface area contributed by atoms with E-state index in [1.54, 1.807) is 12.1 Å². The van der Waals surface area contributed by atoms with Crippen molar-refractivity contribution in [3.63, 3.8) is 0 Å². The van der Waals surface area contributed by atoms with Crippen molar-refractivity contribution < 1.29 is 14.3 Å². The number of benzene rings is 1. The molecule has 1 amide bonds. The fourth-order valence-electron chi connectivity index (χ4n) is 1.87. The number of halogens is 1. The van der Waals surface area contributed by atoms with Crippen LogP contribution in [0.5, 0.6) is 11.5 Å². The first kappa shape index (κ1) is 16.6. The highest BCUT2D eigenvalue weighted by atomic mass is 35.5. The highest BCUT2D eigenvalue weighted by Gasteiger charge is 2.14. The first-order chi connectivity index (χ1) is 9.51. The zero-order valence-corrected chi connectivity index (χ0v) is 12.8. The van der Waals surface area contributed by atoms with Gasteiger partial charge in [-0.2, -0.15) is 0 Å². The van der Waals surface area contributed by atoms with E-state index >= 15 is 0 Å². The van der Waals surface area contributed by atoms with E-state index in [1.165, 1.54) is 14.2 Å². The van der Waals surface area contributed by atoms with E-state index in [9.17, 15) is 4.79 Å². The van der Waals surface area contributed by atoms with Crippen LogP contribution in [0, 0.1) is 0 Å². The highest BCUT2D eigenvalue weighted by molar-refractivity contribution is 6.32. The van der Waals surface area contributed by atoms with Crippen molar-refractivity contribution in [3.8, 4) is 11.5 Å². The van der Waals surface area contributed by atoms with E-state index in [-0.39, 0.29) is 18.4 Å². The molecule has 0 aliphatic rings. The van der Waals surface area contributed by atoms with Crippen molar-refractivity contribution in [3.05, 3.63) is 17.2 Å². The van der Waals surface area contributed by atoms with Crippen LogP contribution in [0.15, 0.2) is 12.1 Å². The molecule has 0 heterocycles. The standard InChI is InChI=1S/C14H21ClN2O3/c1-4-5-9(16)6-14(18)17-11-8-12(19-2)10(15)7-13(11)20-3/h7-9H,4-6,16H2,1-3H3,(H,17,18). The number of nitrogens with one attached hydrogen (secondary N) is 1. The Morgan fingerprint density at radius 1 is 1.35 bits per heavy atom. The van der Waals surface area contributed by atoms with Gasteiger partial charge >= 0.3 is 0 Å². The predicted octanol–water partition coefficient (Wildman–Crippen LogP) is 2.81. The first-order valence-electron chi connectivity index (χ1n) is 6.48. The van der Waals surface area contributed by atoms with Crippen LogP contribution in [-0.4, -0.2) is 26.2 Å². The lowest BCUT2D eigenvalue weighted by molar-refractivity contribution is -0.116. The van der Waals surface area contributed by atoms with Gasteiger partial charge in [-0.05, 0) is 6.42 Å². The minimum Gasteiger partial charge on any atom is -0.495 e. The molecule has 0 radical (unpaired) electrons. The zero-order valence-electron chi connectivity index (χ0n) is 12.0. The van der Waals surface area contributed by atoms with Gasteiger partial charge in [0, 0.05) is 24.6 Å². The van der Waals surface area contributed by atoms with Gasteiger partial charge in [-0.1, -0.05) is 24.9 Å². The Bertz CT molecular complexity index is 466. The summed E-state index contributed by atoms with van der Waals surface area (Å²) in [4.78, 5) is 11.9. The molecule has 3 N–H and O–H groups in total. The topological polar surface area (TPSA) is 73.6 Å². The van der Waals surface area contributed by atoms with Gasteiger partial charge in [-0.3, -0.25) is 4.79 Å². The molecule has 1 unspecified atom stereocenters. The summed E-state index contributed by atoms with van der Waals surface area (Å²) in [5, 5.41) is 3.19. The SMILES string of the molecule is CCCC(N)CC(=O)Nc1cc(OC)c(Cl)cc1OC. The van der Waals surface area contributed by atoms with E-state index in [4.69, 9.17) is 26.8 Å². The number of carbonyl (C=O) groups is 1. The lowest BCUT2D eigenvalue weighted by atomic mass is 10.1. The maximum absolute atomic E-state index is 11.9. The fraction of sp³-hybridized carbons (Fsp3) is 0.500. The molecule has 0 aliphatic carbocycles. The molecular weight excluding hydrogens is 280 g/mol. The maximum Gasteiger partial charge on any atom is 0.226 e. The summed E-state index contributed by atoms with van der Waals surface area (Å²) in [6.07, 6.45) is 2.03. The average Bonchev–Trinajstić information content (AvgIpc) is 2.40. The molecule has 1 aromatic carbocycles. The number of carbonyl (C=O) groups excluding carboxylic acids is 1. The van der Waals surface area contributed by atoms with Gasteiger partial charge < -0.3 is 20.5 Å². The third-order valence-corrected chi connectivity index (χ3v) is 3.15. The van der Waals surface area contributed by atoms with Crippen molar-refractivity contribution >= 4 is 23.2 Å². The minimum absolute atomic E-state index is 0.139. The Morgan fingerprint density at radius 2 is 2.00 bits per heavy atom. The van der Waals surface area contributed by atoms with E-state index in [2.05, 4.69) is 5.32 Å². The number of nitrogens with two attached hydrogens (primary N) is 1. The second-order valence-electron chi connectivity index (χ2n) is 4.49. The second-order valence-corrected chi connectivity index (χ2v) is 4.90. The third kappa shape index (κ3) is 4.58. The molecule has 5 nitrogen and oxygen atoms in total. The van der Waals surface area contributed by atoms with Crippen LogP contribution >= 0.6 is 11.6 Å². The Balaban J connectivity index is 2.82. The van der Waals surface area contributed by atoms with Gasteiger partial charge in [-0.25, -0.2) is 0 Å². The number of rotatable bonds is 7. The fourth-order valence-corrected chi connectivity index (χ4v) is 2.10. The van der Waals surface area contributed by atoms with Gasteiger partial charge in [0.05, 0.1) is 24.9 Å². The van der Waals surface area contributed by atoms with Crippen LogP contribution in [0.3, 0.4) is 0 Å². The van der Waals surface area contributed by atoms with E-state index in [1.807, 2.05) is 6.92 Å². The molecule has 20 heavy (non-hydrogen) atoms. The van der Waals surface area contributed by atoms with Crippen LogP contribution in [-0.2, 0) is 4.79 Å². The van der Waals surface area contributed by atoms with E-state index in [0.717, 1.165) is 12.8 Å². The molecule has 1 rings (SSSR count). The summed E-state index contributed by atoms with van der Waals surface area (Å²) in [6.45, 7) is 2.03. The second kappa shape index (κ2) is 7.97. The Hall–Kier alpha value is -1.46. The minimum atomic E-state index is -0.159. The molecule has 0 aliphatic heterocycles. The predicted molar refractivity (Wildman–Crippen MR) is 80.7 cm³/mol. The van der Waals surface area contributed by atoms with E-state index in [0.29, 0.717) is 22.2 Å². The molecule has 1 atom stereocenters. The average molecular weight is 301 g/mol. The van der Waals surface area contributed by atoms with Crippen LogP contribution in [0.2, 0.25) is 5.02 Å². The summed E-state index contributed by atoms with van der Waals surface area (Å²) in [7, 11) is 3.02. The summed E-state index contributed by atoms with van der Waals surface area (Å²) in [6, 6.07) is 3.09. The third-order valence-electron chi connectivity index (χ3n) is 2.86. The summed E-state index contributed by atoms with van der Waals surface area (Å²) >= 11 is 6.00. The van der Waals surface area contributed by atoms with Crippen molar-refractivity contribution in [1.29, 1.82) is 0 Å². The number of ether oxygens (including phenoxy) is 2. The van der Waals surface area contributed by atoms with Crippen molar-refractivity contribution in [2.45, 2.75) is 32.2 Å². The Labute approximate surface area is 124 Å². The monoisotopic (exact) mass is 300 g/mol. The number of anilines is 1. The molecule has 112 valence electrons. The molecule has 0 saturated carbocycles. The van der Waals surface area contributed by atoms with Crippen LogP contribution < -0.4 is 20.5 Å². The lowest BCUT2D eigenvalue weighted by Crippen LogP contribution is -2.27. The largest absolute Gasteiger partial charge is 0.495 e. The molecule has 0 fully saturated rings. The molecule has 0 aromatic heterocycles. The highest BCUT2D eigenvalue weighted by Crippen LogP contribution is 2.35. The van der Waals surface area contributed by atoms with Gasteiger partial charge in [-0.15, -0.1) is 0 Å². The number of methoxy groups -OCH3 is 2. The first-order valence-corrected chi connectivity index (χ1v) is 6.86. The number of hydrogen-bond donors (Lipinski definition) is 2. The molecular formula is C14H21ClN2O3. The van der Waals surface area contributed by atoms with Crippen LogP contribution in [0.1, 0.15) is 26.2 Å². The van der Waals surface area contributed by atoms with Gasteiger partial charge in [0.25, 0.3) is 0 Å². The molecule has 6 heteroatoms. The quantitative estimate of drug-likeness (QED) is 0.812. The van der Waals surface area contributed by atoms with Crippen molar-refractivity contribution in [2.24, 2.45) is 5.73 Å². The normalized spacial score (nSPS) is 11.8. The summed E-state index contributed by atoms with van der Waals surface area (Å²) < 4.78 is 10.3. The maximum atomic E-state index is 11.9. The molecule has 0 bridgehead atoms. The summed E-state index contributed by atoms with van der Waals surface area (Å²) in [5.74, 6) is 0.794. The zero-order chi connectivity index (χ0) is 15.1. The van der Waals surface area contributed by atoms with Crippen molar-refractivity contribution in [1.82, 2.24) is 0 Å². The van der Waals surface area contributed by atoms with Gasteiger partial charge in [0.2, 0.25) is 5.91 Å². The van der Waals surface area contributed by atoms with Crippen LogP contribution in [0.4, 0.5) is 5.69 Å². The van der Waals surface area contributed by atoms with E-state index < -0.39 is 0 Å². The smallest absolute Gasteiger partial charge is 0.226 e. The van der Waals surface area contributed by atoms with Crippen LogP contribution in [0.25, 0.3) is 0 Å². The molecule has 0 saturated heterocycles. The summed E-state index contributed by atoms with van der Waals surface area (Å²) in [5.41, 5.74) is 6.37. The Kier molecular flexibility index (Phi) is 6.61. The number of amides is 1. The van der Waals surface area contributed by atoms with Gasteiger partial charge in [0.1, 0.15) is 11.5 Å². The molecule has 0 spiro atoms. The Morgan fingerprint density at radius 3 is 2.55 bits per heavy atom. The van der Waals surface area contributed by atoms with Gasteiger partial charge in [0.15, 0.2) is 0 Å². The number of hydrogen-bond acceptors (Lipinski definition) is 4. The lowest BCUT2D eigenvalue weighted by Gasteiger charge is -2.14. The van der Waals surface area contributed by atoms with Crippen molar-refractivity contribution in [2.75, 3.05) is 19.5 Å².